The van der Waals surface area contributed by atoms with Crippen LogP contribution in [0.25, 0.3) is 21.6 Å². The van der Waals surface area contributed by atoms with Gasteiger partial charge in [0, 0.05) is 42.3 Å². The van der Waals surface area contributed by atoms with Crippen LogP contribution >= 0.6 is 0 Å². The molecule has 1 saturated heterocycles. The van der Waals surface area contributed by atoms with Crippen molar-refractivity contribution < 1.29 is 43.3 Å². The first-order valence-electron chi connectivity index (χ1n) is 13.6. The molecule has 2 atom stereocenters. The van der Waals surface area contributed by atoms with E-state index in [2.05, 4.69) is 15.3 Å². The Labute approximate surface area is 242 Å². The SMILES string of the molecule is [N-]=[N+]=NCCOCCOCCOCCNC(=O)c1ccc2c(c1)C(COC(=O)ON1C(=O)CCC1O)c1ccccc1-2. The molecule has 0 bridgehead atoms. The number of aliphatic hydroxyl groups is 1. The van der Waals surface area contributed by atoms with E-state index in [-0.39, 0.29) is 37.8 Å². The third kappa shape index (κ3) is 8.18. The van der Waals surface area contributed by atoms with Crippen molar-refractivity contribution in [3.05, 3.63) is 69.6 Å². The van der Waals surface area contributed by atoms with Gasteiger partial charge < -0.3 is 34.2 Å². The number of fused-ring (bicyclic) bond motifs is 3. The Bertz CT molecular complexity index is 1300. The summed E-state index contributed by atoms with van der Waals surface area (Å²) in [5.41, 5.74) is 12.3. The number of rotatable bonds is 16. The van der Waals surface area contributed by atoms with Crippen molar-refractivity contribution in [1.29, 1.82) is 0 Å². The number of hydrogen-bond donors (Lipinski definition) is 2. The lowest BCUT2D eigenvalue weighted by molar-refractivity contribution is -0.199. The van der Waals surface area contributed by atoms with Gasteiger partial charge in [0.15, 0.2) is 6.23 Å². The number of amides is 2. The molecule has 2 unspecified atom stereocenters. The maximum absolute atomic E-state index is 12.8. The highest BCUT2D eigenvalue weighted by Crippen LogP contribution is 2.45. The van der Waals surface area contributed by atoms with E-state index in [4.69, 9.17) is 29.3 Å². The summed E-state index contributed by atoms with van der Waals surface area (Å²) in [5.74, 6) is -1.12. The molecule has 0 spiro atoms. The van der Waals surface area contributed by atoms with Gasteiger partial charge in [0.25, 0.3) is 11.8 Å². The topological polar surface area (TPSA) is 182 Å². The largest absolute Gasteiger partial charge is 0.533 e. The van der Waals surface area contributed by atoms with Crippen LogP contribution in [-0.4, -0.2) is 93.7 Å². The van der Waals surface area contributed by atoms with Crippen molar-refractivity contribution in [2.24, 2.45) is 5.11 Å². The Morgan fingerprint density at radius 1 is 1.00 bits per heavy atom. The highest BCUT2D eigenvalue weighted by molar-refractivity contribution is 5.96. The molecule has 0 radical (unpaired) electrons. The van der Waals surface area contributed by atoms with Crippen LogP contribution in [0, 0.1) is 0 Å². The number of hydrogen-bond acceptors (Lipinski definition) is 10. The number of hydroxylamine groups is 2. The van der Waals surface area contributed by atoms with E-state index in [0.29, 0.717) is 56.8 Å². The van der Waals surface area contributed by atoms with Crippen LogP contribution in [0.1, 0.15) is 40.2 Å². The molecule has 0 saturated carbocycles. The van der Waals surface area contributed by atoms with E-state index in [1.165, 1.54) is 0 Å². The zero-order valence-corrected chi connectivity index (χ0v) is 23.0. The van der Waals surface area contributed by atoms with Crippen molar-refractivity contribution in [2.45, 2.75) is 25.0 Å². The molecule has 2 aromatic rings. The number of carbonyl (C=O) groups excluding carboxylic acids is 3. The molecule has 1 heterocycles. The van der Waals surface area contributed by atoms with Crippen LogP contribution in [0.5, 0.6) is 0 Å². The molecule has 14 heteroatoms. The molecule has 1 aliphatic carbocycles. The Hall–Kier alpha value is -4.20. The van der Waals surface area contributed by atoms with Gasteiger partial charge in [-0.3, -0.25) is 9.59 Å². The standard InChI is InChI=1S/C28H33N5O9/c29-32-31-10-12-39-14-16-40-15-13-38-11-9-30-27(36)19-5-6-22-20-3-1-2-4-21(20)24(23(22)17-19)18-41-28(37)42-33-25(34)7-8-26(33)35/h1-6,17,24-25,34H,7-16,18H2,(H,30,36). The van der Waals surface area contributed by atoms with Gasteiger partial charge in [-0.2, -0.15) is 0 Å². The zero-order valence-electron chi connectivity index (χ0n) is 23.0. The van der Waals surface area contributed by atoms with E-state index in [9.17, 15) is 19.5 Å². The van der Waals surface area contributed by atoms with E-state index < -0.39 is 18.3 Å². The maximum Gasteiger partial charge on any atom is 0.533 e. The van der Waals surface area contributed by atoms with E-state index in [1.54, 1.807) is 12.1 Å². The van der Waals surface area contributed by atoms with Crippen molar-refractivity contribution in [2.75, 3.05) is 59.3 Å². The Balaban J connectivity index is 1.23. The first-order valence-corrected chi connectivity index (χ1v) is 13.6. The Kier molecular flexibility index (Phi) is 11.5. The average Bonchev–Trinajstić information content (AvgIpc) is 3.49. The predicted molar refractivity (Wildman–Crippen MR) is 147 cm³/mol. The summed E-state index contributed by atoms with van der Waals surface area (Å²) in [6.45, 7) is 2.69. The van der Waals surface area contributed by atoms with Crippen LogP contribution in [0.4, 0.5) is 4.79 Å². The van der Waals surface area contributed by atoms with Crippen molar-refractivity contribution >= 4 is 18.0 Å². The number of ether oxygens (including phenoxy) is 4. The van der Waals surface area contributed by atoms with Crippen LogP contribution in [0.3, 0.4) is 0 Å². The predicted octanol–water partition coefficient (Wildman–Crippen LogP) is 2.90. The molecule has 42 heavy (non-hydrogen) atoms. The van der Waals surface area contributed by atoms with Crippen LogP contribution in [0.15, 0.2) is 47.6 Å². The average molecular weight is 584 g/mol. The number of nitrogens with zero attached hydrogens (tertiary/aromatic N) is 4. The summed E-state index contributed by atoms with van der Waals surface area (Å²) < 4.78 is 21.4. The molecule has 2 aromatic carbocycles. The smallest absolute Gasteiger partial charge is 0.432 e. The molecule has 2 aliphatic rings. The third-order valence-electron chi connectivity index (χ3n) is 6.66. The Morgan fingerprint density at radius 2 is 1.71 bits per heavy atom. The number of aliphatic hydroxyl groups excluding tert-OH is 1. The maximum atomic E-state index is 12.8. The summed E-state index contributed by atoms with van der Waals surface area (Å²) in [7, 11) is 0. The van der Waals surface area contributed by atoms with Gasteiger partial charge in [0.1, 0.15) is 6.61 Å². The van der Waals surface area contributed by atoms with Gasteiger partial charge in [0.2, 0.25) is 0 Å². The van der Waals surface area contributed by atoms with Gasteiger partial charge in [-0.15, -0.1) is 5.06 Å². The molecule has 0 aromatic heterocycles. The number of benzene rings is 2. The van der Waals surface area contributed by atoms with E-state index >= 15 is 0 Å². The lowest BCUT2D eigenvalue weighted by Gasteiger charge is -2.19. The molecule has 1 aliphatic heterocycles. The summed E-state index contributed by atoms with van der Waals surface area (Å²) in [5, 5.41) is 16.6. The summed E-state index contributed by atoms with van der Waals surface area (Å²) in [6.07, 6.45) is -2.02. The second-order valence-corrected chi connectivity index (χ2v) is 9.38. The van der Waals surface area contributed by atoms with Gasteiger partial charge in [0.05, 0.1) is 39.6 Å². The first-order chi connectivity index (χ1) is 20.5. The third-order valence-corrected chi connectivity index (χ3v) is 6.66. The zero-order chi connectivity index (χ0) is 29.7. The quantitative estimate of drug-likeness (QED) is 0.0987. The molecule has 4 rings (SSSR count). The monoisotopic (exact) mass is 583 g/mol. The summed E-state index contributed by atoms with van der Waals surface area (Å²) >= 11 is 0. The van der Waals surface area contributed by atoms with E-state index in [1.807, 2.05) is 30.3 Å². The van der Waals surface area contributed by atoms with Gasteiger partial charge >= 0.3 is 6.16 Å². The number of nitrogens with one attached hydrogen (secondary N) is 1. The lowest BCUT2D eigenvalue weighted by Crippen LogP contribution is -2.35. The van der Waals surface area contributed by atoms with Gasteiger partial charge in [-0.25, -0.2) is 4.79 Å². The molecule has 1 fully saturated rings. The minimum Gasteiger partial charge on any atom is -0.432 e. The second-order valence-electron chi connectivity index (χ2n) is 9.38. The minimum atomic E-state index is -1.19. The molecule has 2 amide bonds. The molecule has 224 valence electrons. The minimum absolute atomic E-state index is 0.0795. The Morgan fingerprint density at radius 3 is 2.45 bits per heavy atom. The summed E-state index contributed by atoms with van der Waals surface area (Å²) in [6, 6.07) is 13.1. The van der Waals surface area contributed by atoms with Gasteiger partial charge in [-0.1, -0.05) is 35.4 Å². The fourth-order valence-corrected chi connectivity index (χ4v) is 4.68. The number of azide groups is 1. The molecule has 2 N–H and O–H groups in total. The first kappa shape index (κ1) is 30.8. The molecular formula is C28H33N5O9. The van der Waals surface area contributed by atoms with Crippen molar-refractivity contribution in [3.8, 4) is 11.1 Å². The fourth-order valence-electron chi connectivity index (χ4n) is 4.68. The van der Waals surface area contributed by atoms with Gasteiger partial charge in [-0.05, 0) is 39.9 Å². The van der Waals surface area contributed by atoms with Crippen LogP contribution in [0.2, 0.25) is 0 Å². The van der Waals surface area contributed by atoms with Crippen LogP contribution in [-0.2, 0) is 28.6 Å². The lowest BCUT2D eigenvalue weighted by atomic mass is 9.96. The highest BCUT2D eigenvalue weighted by Gasteiger charge is 2.35. The normalized spacial score (nSPS) is 16.9. The summed E-state index contributed by atoms with van der Waals surface area (Å²) in [4.78, 5) is 44.5. The van der Waals surface area contributed by atoms with E-state index in [0.717, 1.165) is 22.3 Å². The van der Waals surface area contributed by atoms with Crippen LogP contribution < -0.4 is 5.32 Å². The molecular weight excluding hydrogens is 550 g/mol. The van der Waals surface area contributed by atoms with Crippen molar-refractivity contribution in [1.82, 2.24) is 10.4 Å². The molecule has 14 nitrogen and oxygen atoms in total. The highest BCUT2D eigenvalue weighted by atomic mass is 16.8. The van der Waals surface area contributed by atoms with Crippen molar-refractivity contribution in [3.63, 3.8) is 0 Å². The fraction of sp³-hybridized carbons (Fsp3) is 0.464. The number of carbonyl (C=O) groups is 3. The second kappa shape index (κ2) is 15.7.